The summed E-state index contributed by atoms with van der Waals surface area (Å²) in [5.74, 6) is -0.769. The highest BCUT2D eigenvalue weighted by Gasteiger charge is 2.16. The molecule has 1 N–H and O–H groups in total. The Balaban J connectivity index is 1.82. The van der Waals surface area contributed by atoms with Crippen LogP contribution in [0.25, 0.3) is 20.7 Å². The zero-order chi connectivity index (χ0) is 18.7. The molecule has 3 aromatic rings. The van der Waals surface area contributed by atoms with Crippen LogP contribution in [0.2, 0.25) is 0 Å². The SMILES string of the molecule is COC(=O)CC(C)NC(=O)Cn1cnc2scc(-c3cccs3)c2c1=O. The summed E-state index contributed by atoms with van der Waals surface area (Å²) in [6.45, 7) is 1.54. The molecule has 3 heterocycles. The number of methoxy groups -OCH3 is 1. The smallest absolute Gasteiger partial charge is 0.307 e. The van der Waals surface area contributed by atoms with Gasteiger partial charge in [0.25, 0.3) is 5.56 Å². The van der Waals surface area contributed by atoms with Crippen molar-refractivity contribution in [3.8, 4) is 10.4 Å². The fraction of sp³-hybridized carbons (Fsp3) is 0.294. The largest absolute Gasteiger partial charge is 0.469 e. The molecule has 1 atom stereocenters. The summed E-state index contributed by atoms with van der Waals surface area (Å²) in [5.41, 5.74) is 0.585. The summed E-state index contributed by atoms with van der Waals surface area (Å²) in [4.78, 5) is 42.2. The van der Waals surface area contributed by atoms with E-state index in [2.05, 4.69) is 15.0 Å². The summed E-state index contributed by atoms with van der Waals surface area (Å²) in [5, 5.41) is 7.06. The maximum Gasteiger partial charge on any atom is 0.307 e. The molecule has 3 rings (SSSR count). The quantitative estimate of drug-likeness (QED) is 0.651. The van der Waals surface area contributed by atoms with Crippen molar-refractivity contribution in [2.24, 2.45) is 0 Å². The second kappa shape index (κ2) is 7.79. The predicted molar refractivity (Wildman–Crippen MR) is 101 cm³/mol. The monoisotopic (exact) mass is 391 g/mol. The Labute approximate surface area is 157 Å². The molecule has 0 bridgehead atoms. The van der Waals surface area contributed by atoms with Gasteiger partial charge in [-0.05, 0) is 18.4 Å². The summed E-state index contributed by atoms with van der Waals surface area (Å²) in [7, 11) is 1.29. The molecule has 0 aliphatic heterocycles. The van der Waals surface area contributed by atoms with E-state index < -0.39 is 5.97 Å². The van der Waals surface area contributed by atoms with Gasteiger partial charge in [-0.15, -0.1) is 22.7 Å². The number of carbonyl (C=O) groups is 2. The third-order valence-electron chi connectivity index (χ3n) is 3.77. The van der Waals surface area contributed by atoms with Crippen molar-refractivity contribution in [3.63, 3.8) is 0 Å². The van der Waals surface area contributed by atoms with Gasteiger partial charge in [0.1, 0.15) is 11.4 Å². The van der Waals surface area contributed by atoms with Gasteiger partial charge in [-0.1, -0.05) is 6.07 Å². The van der Waals surface area contributed by atoms with Crippen LogP contribution in [-0.4, -0.2) is 34.6 Å². The number of rotatable bonds is 6. The average molecular weight is 391 g/mol. The normalized spacial score (nSPS) is 12.1. The molecule has 0 fully saturated rings. The number of ether oxygens (including phenoxy) is 1. The van der Waals surface area contributed by atoms with Gasteiger partial charge >= 0.3 is 5.97 Å². The highest BCUT2D eigenvalue weighted by molar-refractivity contribution is 7.18. The Hall–Kier alpha value is -2.52. The molecule has 1 unspecified atom stereocenters. The van der Waals surface area contributed by atoms with E-state index in [1.807, 2.05) is 22.9 Å². The number of esters is 1. The van der Waals surface area contributed by atoms with Crippen LogP contribution in [-0.2, 0) is 20.9 Å². The van der Waals surface area contributed by atoms with Crippen molar-refractivity contribution in [1.82, 2.24) is 14.9 Å². The molecule has 1 amide bonds. The molecule has 0 spiro atoms. The summed E-state index contributed by atoms with van der Waals surface area (Å²) in [6, 6.07) is 3.49. The molecule has 0 saturated heterocycles. The minimum atomic E-state index is -0.406. The van der Waals surface area contributed by atoms with Crippen molar-refractivity contribution in [2.45, 2.75) is 25.9 Å². The summed E-state index contributed by atoms with van der Waals surface area (Å²) >= 11 is 2.95. The van der Waals surface area contributed by atoms with Gasteiger partial charge < -0.3 is 10.1 Å². The second-order valence-corrected chi connectivity index (χ2v) is 7.54. The van der Waals surface area contributed by atoms with Gasteiger partial charge in [-0.2, -0.15) is 0 Å². The zero-order valence-electron chi connectivity index (χ0n) is 14.2. The number of thiophene rings is 2. The standard InChI is InChI=1S/C17H17N3O4S2/c1-10(6-14(22)24-2)19-13(21)7-20-9-18-16-15(17(20)23)11(8-26-16)12-4-3-5-25-12/h3-5,8-10H,6-7H2,1-2H3,(H,19,21). The Morgan fingerprint density at radius 1 is 1.38 bits per heavy atom. The van der Waals surface area contributed by atoms with E-state index >= 15 is 0 Å². The predicted octanol–water partition coefficient (Wildman–Crippen LogP) is 2.25. The highest BCUT2D eigenvalue weighted by Crippen LogP contribution is 2.33. The van der Waals surface area contributed by atoms with Gasteiger partial charge in [0.2, 0.25) is 5.91 Å². The van der Waals surface area contributed by atoms with Gasteiger partial charge in [-0.25, -0.2) is 4.98 Å². The molecule has 0 aliphatic rings. The molecule has 0 saturated carbocycles. The topological polar surface area (TPSA) is 90.3 Å². The van der Waals surface area contributed by atoms with E-state index in [1.54, 1.807) is 18.3 Å². The van der Waals surface area contributed by atoms with E-state index in [1.165, 1.54) is 29.3 Å². The molecular weight excluding hydrogens is 374 g/mol. The summed E-state index contributed by atoms with van der Waals surface area (Å²) < 4.78 is 5.86. The lowest BCUT2D eigenvalue weighted by Crippen LogP contribution is -2.38. The van der Waals surface area contributed by atoms with Gasteiger partial charge in [0.15, 0.2) is 0 Å². The maximum atomic E-state index is 12.8. The van der Waals surface area contributed by atoms with E-state index in [0.717, 1.165) is 10.4 Å². The molecule has 3 aromatic heterocycles. The van der Waals surface area contributed by atoms with Gasteiger partial charge in [0.05, 0.1) is 25.2 Å². The minimum absolute atomic E-state index is 0.0709. The minimum Gasteiger partial charge on any atom is -0.469 e. The lowest BCUT2D eigenvalue weighted by molar-refractivity contribution is -0.141. The molecule has 26 heavy (non-hydrogen) atoms. The first-order chi connectivity index (χ1) is 12.5. The van der Waals surface area contributed by atoms with Crippen molar-refractivity contribution < 1.29 is 14.3 Å². The van der Waals surface area contributed by atoms with E-state index in [9.17, 15) is 14.4 Å². The highest BCUT2D eigenvalue weighted by atomic mass is 32.1. The van der Waals surface area contributed by atoms with Crippen molar-refractivity contribution >= 4 is 44.8 Å². The van der Waals surface area contributed by atoms with Crippen LogP contribution < -0.4 is 10.9 Å². The Bertz CT molecular complexity index is 991. The number of nitrogens with one attached hydrogen (secondary N) is 1. The van der Waals surface area contributed by atoms with Crippen LogP contribution in [0.3, 0.4) is 0 Å². The van der Waals surface area contributed by atoms with Crippen molar-refractivity contribution in [1.29, 1.82) is 0 Å². The molecular formula is C17H17N3O4S2. The van der Waals surface area contributed by atoms with Crippen LogP contribution in [0.15, 0.2) is 34.0 Å². The fourth-order valence-corrected chi connectivity index (χ4v) is 4.27. The molecule has 136 valence electrons. The van der Waals surface area contributed by atoms with Crippen LogP contribution in [0, 0.1) is 0 Å². The molecule has 0 radical (unpaired) electrons. The Morgan fingerprint density at radius 2 is 2.19 bits per heavy atom. The van der Waals surface area contributed by atoms with Crippen LogP contribution in [0.1, 0.15) is 13.3 Å². The number of hydrogen-bond acceptors (Lipinski definition) is 7. The van der Waals surface area contributed by atoms with Crippen LogP contribution >= 0.6 is 22.7 Å². The molecule has 0 aliphatic carbocycles. The lowest BCUT2D eigenvalue weighted by atomic mass is 10.2. The van der Waals surface area contributed by atoms with Crippen molar-refractivity contribution in [2.75, 3.05) is 7.11 Å². The number of fused-ring (bicyclic) bond motifs is 1. The Morgan fingerprint density at radius 3 is 2.88 bits per heavy atom. The zero-order valence-corrected chi connectivity index (χ0v) is 15.9. The van der Waals surface area contributed by atoms with Gasteiger partial charge in [-0.3, -0.25) is 19.0 Å². The third-order valence-corrected chi connectivity index (χ3v) is 5.56. The number of amides is 1. The third kappa shape index (κ3) is 3.83. The second-order valence-electron chi connectivity index (χ2n) is 5.73. The van der Waals surface area contributed by atoms with Crippen LogP contribution in [0.4, 0.5) is 0 Å². The Kier molecular flexibility index (Phi) is 5.48. The van der Waals surface area contributed by atoms with Crippen LogP contribution in [0.5, 0.6) is 0 Å². The molecule has 0 aromatic carbocycles. The van der Waals surface area contributed by atoms with E-state index in [0.29, 0.717) is 10.2 Å². The van der Waals surface area contributed by atoms with Crippen molar-refractivity contribution in [3.05, 3.63) is 39.6 Å². The number of hydrogen-bond donors (Lipinski definition) is 1. The fourth-order valence-electron chi connectivity index (χ4n) is 2.55. The first-order valence-electron chi connectivity index (χ1n) is 7.86. The van der Waals surface area contributed by atoms with E-state index in [-0.39, 0.29) is 30.5 Å². The first kappa shape index (κ1) is 18.3. The lowest BCUT2D eigenvalue weighted by Gasteiger charge is -2.13. The number of nitrogens with zero attached hydrogens (tertiary/aromatic N) is 2. The maximum absolute atomic E-state index is 12.8. The number of aromatic nitrogens is 2. The molecule has 7 nitrogen and oxygen atoms in total. The summed E-state index contributed by atoms with van der Waals surface area (Å²) in [6.07, 6.45) is 1.45. The first-order valence-corrected chi connectivity index (χ1v) is 9.62. The molecule has 9 heteroatoms. The van der Waals surface area contributed by atoms with Gasteiger partial charge in [0, 0.05) is 21.9 Å². The number of carbonyl (C=O) groups excluding carboxylic acids is 2. The van der Waals surface area contributed by atoms with E-state index in [4.69, 9.17) is 0 Å². The average Bonchev–Trinajstić information content (AvgIpc) is 3.26.